The predicted molar refractivity (Wildman–Crippen MR) is 106 cm³/mol. The second kappa shape index (κ2) is 7.95. The van der Waals surface area contributed by atoms with E-state index in [2.05, 4.69) is 29.2 Å². The quantitative estimate of drug-likeness (QED) is 0.752. The summed E-state index contributed by atoms with van der Waals surface area (Å²) in [7, 11) is 0. The number of hydrogen-bond acceptors (Lipinski definition) is 4. The van der Waals surface area contributed by atoms with E-state index >= 15 is 0 Å². The number of para-hydroxylation sites is 1. The zero-order chi connectivity index (χ0) is 19.4. The Kier molecular flexibility index (Phi) is 5.45. The fourth-order valence-corrected chi connectivity index (χ4v) is 2.83. The van der Waals surface area contributed by atoms with Crippen LogP contribution in [0.25, 0.3) is 11.3 Å². The van der Waals surface area contributed by atoms with Crippen molar-refractivity contribution in [3.8, 4) is 11.3 Å². The summed E-state index contributed by atoms with van der Waals surface area (Å²) in [5.41, 5.74) is 2.83. The maximum atomic E-state index is 12.8. The van der Waals surface area contributed by atoms with E-state index in [1.54, 1.807) is 31.5 Å². The first-order valence-electron chi connectivity index (χ1n) is 8.87. The molecule has 0 aliphatic carbocycles. The van der Waals surface area contributed by atoms with Crippen LogP contribution in [-0.2, 0) is 4.79 Å². The first-order valence-corrected chi connectivity index (χ1v) is 8.87. The number of carbonyl (C=O) groups is 1. The number of carbonyl (C=O) groups excluding carboxylic acids is 1. The molecule has 0 saturated carbocycles. The molecule has 3 rings (SSSR count). The summed E-state index contributed by atoms with van der Waals surface area (Å²) in [6.07, 6.45) is 3.34. The van der Waals surface area contributed by atoms with Gasteiger partial charge in [0.25, 0.3) is 5.56 Å². The molecule has 0 bridgehead atoms. The fourth-order valence-electron chi connectivity index (χ4n) is 2.83. The summed E-state index contributed by atoms with van der Waals surface area (Å²) in [5, 5.41) is 7.29. The summed E-state index contributed by atoms with van der Waals surface area (Å²) in [4.78, 5) is 29.1. The summed E-state index contributed by atoms with van der Waals surface area (Å²) in [5.74, 6) is -0.0207. The third-order valence-electron chi connectivity index (χ3n) is 4.37. The monoisotopic (exact) mass is 362 g/mol. The highest BCUT2D eigenvalue weighted by Gasteiger charge is 2.19. The standard InChI is InChI=1S/C21H22N4O2/c1-14(2)17-8-4-5-9-19(17)23-21(27)15(3)25-20(26)11-10-18(24-25)16-7-6-12-22-13-16/h4-15H,1-3H3,(H,23,27). The largest absolute Gasteiger partial charge is 0.324 e. The van der Waals surface area contributed by atoms with Crippen molar-refractivity contribution in [2.75, 3.05) is 5.32 Å². The van der Waals surface area contributed by atoms with E-state index in [-0.39, 0.29) is 17.4 Å². The van der Waals surface area contributed by atoms with E-state index in [0.717, 1.165) is 16.8 Å². The maximum Gasteiger partial charge on any atom is 0.267 e. The Hall–Kier alpha value is -3.28. The van der Waals surface area contributed by atoms with Gasteiger partial charge < -0.3 is 5.32 Å². The molecule has 0 spiro atoms. The fraction of sp³-hybridized carbons (Fsp3) is 0.238. The van der Waals surface area contributed by atoms with Gasteiger partial charge in [-0.25, -0.2) is 4.68 Å². The van der Waals surface area contributed by atoms with Gasteiger partial charge in [-0.15, -0.1) is 0 Å². The SMILES string of the molecule is CC(C)c1ccccc1NC(=O)C(C)n1nc(-c2cccnc2)ccc1=O. The van der Waals surface area contributed by atoms with Gasteiger partial charge in [0, 0.05) is 29.7 Å². The van der Waals surface area contributed by atoms with E-state index in [9.17, 15) is 9.59 Å². The molecule has 0 saturated heterocycles. The van der Waals surface area contributed by atoms with E-state index < -0.39 is 6.04 Å². The van der Waals surface area contributed by atoms with E-state index in [4.69, 9.17) is 0 Å². The molecule has 1 atom stereocenters. The summed E-state index contributed by atoms with van der Waals surface area (Å²) < 4.78 is 1.20. The third-order valence-corrected chi connectivity index (χ3v) is 4.37. The lowest BCUT2D eigenvalue weighted by Crippen LogP contribution is -2.33. The van der Waals surface area contributed by atoms with Crippen LogP contribution in [0.2, 0.25) is 0 Å². The van der Waals surface area contributed by atoms with Gasteiger partial charge in [-0.1, -0.05) is 32.0 Å². The minimum Gasteiger partial charge on any atom is -0.324 e. The van der Waals surface area contributed by atoms with Gasteiger partial charge in [0.1, 0.15) is 6.04 Å². The number of nitrogens with one attached hydrogen (secondary N) is 1. The molecule has 1 amide bonds. The van der Waals surface area contributed by atoms with Gasteiger partial charge >= 0.3 is 0 Å². The van der Waals surface area contributed by atoms with Crippen LogP contribution in [-0.4, -0.2) is 20.7 Å². The number of amides is 1. The maximum absolute atomic E-state index is 12.8. The molecule has 6 heteroatoms. The average molecular weight is 362 g/mol. The molecule has 1 N–H and O–H groups in total. The molecule has 0 aliphatic rings. The van der Waals surface area contributed by atoms with Gasteiger partial charge in [-0.3, -0.25) is 14.6 Å². The number of rotatable bonds is 5. The van der Waals surface area contributed by atoms with Crippen molar-refractivity contribution >= 4 is 11.6 Å². The average Bonchev–Trinajstić information content (AvgIpc) is 2.68. The lowest BCUT2D eigenvalue weighted by molar-refractivity contribution is -0.119. The molecule has 27 heavy (non-hydrogen) atoms. The number of anilines is 1. The lowest BCUT2D eigenvalue weighted by Gasteiger charge is -2.18. The summed E-state index contributed by atoms with van der Waals surface area (Å²) in [6, 6.07) is 13.6. The molecule has 2 aromatic heterocycles. The van der Waals surface area contributed by atoms with Gasteiger partial charge in [-0.2, -0.15) is 5.10 Å². The Morgan fingerprint density at radius 1 is 1.04 bits per heavy atom. The van der Waals surface area contributed by atoms with Crippen LogP contribution >= 0.6 is 0 Å². The molecule has 1 unspecified atom stereocenters. The molecule has 138 valence electrons. The molecule has 3 aromatic rings. The smallest absolute Gasteiger partial charge is 0.267 e. The minimum atomic E-state index is -0.755. The van der Waals surface area contributed by atoms with Gasteiger partial charge in [0.2, 0.25) is 5.91 Å². The predicted octanol–water partition coefficient (Wildman–Crippen LogP) is 3.63. The van der Waals surface area contributed by atoms with Crippen LogP contribution in [0, 0.1) is 0 Å². The zero-order valence-electron chi connectivity index (χ0n) is 15.6. The first-order chi connectivity index (χ1) is 13.0. The zero-order valence-corrected chi connectivity index (χ0v) is 15.6. The van der Waals surface area contributed by atoms with Crippen LogP contribution in [0.1, 0.15) is 38.3 Å². The van der Waals surface area contributed by atoms with Crippen LogP contribution in [0.4, 0.5) is 5.69 Å². The highest BCUT2D eigenvalue weighted by molar-refractivity contribution is 5.94. The van der Waals surface area contributed by atoms with Crippen molar-refractivity contribution in [1.29, 1.82) is 0 Å². The normalized spacial score (nSPS) is 12.0. The van der Waals surface area contributed by atoms with Crippen molar-refractivity contribution in [3.63, 3.8) is 0 Å². The summed E-state index contributed by atoms with van der Waals surface area (Å²) >= 11 is 0. The second-order valence-corrected chi connectivity index (χ2v) is 6.65. The van der Waals surface area contributed by atoms with E-state index in [1.165, 1.54) is 10.7 Å². The Morgan fingerprint density at radius 3 is 2.52 bits per heavy atom. The van der Waals surface area contributed by atoms with Gasteiger partial charge in [0.05, 0.1) is 5.69 Å². The molecule has 0 radical (unpaired) electrons. The molecular formula is C21H22N4O2. The molecule has 6 nitrogen and oxygen atoms in total. The second-order valence-electron chi connectivity index (χ2n) is 6.65. The van der Waals surface area contributed by atoms with Crippen molar-refractivity contribution in [2.45, 2.75) is 32.7 Å². The lowest BCUT2D eigenvalue weighted by atomic mass is 10.0. The van der Waals surface area contributed by atoms with Crippen LogP contribution < -0.4 is 10.9 Å². The Bertz CT molecular complexity index is 996. The summed E-state index contributed by atoms with van der Waals surface area (Å²) in [6.45, 7) is 5.80. The number of aromatic nitrogens is 3. The minimum absolute atomic E-state index is 0.270. The molecule has 0 aliphatic heterocycles. The molecule has 1 aromatic carbocycles. The Labute approximate surface area is 157 Å². The third kappa shape index (κ3) is 4.11. The molecular weight excluding hydrogens is 340 g/mol. The van der Waals surface area contributed by atoms with Crippen LogP contribution in [0.15, 0.2) is 65.7 Å². The van der Waals surface area contributed by atoms with Crippen molar-refractivity contribution in [3.05, 3.63) is 76.8 Å². The van der Waals surface area contributed by atoms with Gasteiger partial charge in [-0.05, 0) is 42.7 Å². The van der Waals surface area contributed by atoms with Crippen LogP contribution in [0.5, 0.6) is 0 Å². The van der Waals surface area contributed by atoms with Gasteiger partial charge in [0.15, 0.2) is 0 Å². The Balaban J connectivity index is 1.89. The number of pyridine rings is 1. The molecule has 2 heterocycles. The van der Waals surface area contributed by atoms with E-state index in [0.29, 0.717) is 5.69 Å². The first kappa shape index (κ1) is 18.5. The topological polar surface area (TPSA) is 76.9 Å². The number of hydrogen-bond donors (Lipinski definition) is 1. The number of nitrogens with zero attached hydrogens (tertiary/aromatic N) is 3. The number of benzene rings is 1. The van der Waals surface area contributed by atoms with Crippen molar-refractivity contribution in [2.24, 2.45) is 0 Å². The van der Waals surface area contributed by atoms with Crippen LogP contribution in [0.3, 0.4) is 0 Å². The highest BCUT2D eigenvalue weighted by Crippen LogP contribution is 2.24. The highest BCUT2D eigenvalue weighted by atomic mass is 16.2. The van der Waals surface area contributed by atoms with E-state index in [1.807, 2.05) is 30.3 Å². The van der Waals surface area contributed by atoms with Crippen molar-refractivity contribution in [1.82, 2.24) is 14.8 Å². The Morgan fingerprint density at radius 2 is 1.81 bits per heavy atom. The van der Waals surface area contributed by atoms with Crippen molar-refractivity contribution < 1.29 is 4.79 Å². The molecule has 0 fully saturated rings.